The number of hydrogen-bond acceptors (Lipinski definition) is 23. The van der Waals surface area contributed by atoms with Crippen LogP contribution in [0.1, 0.15) is 94.0 Å². The summed E-state index contributed by atoms with van der Waals surface area (Å²) in [6.45, 7) is 7.17. The number of ketones is 3. The van der Waals surface area contributed by atoms with Gasteiger partial charge in [-0.25, -0.2) is 15.0 Å². The number of thiol groups is 1. The Labute approximate surface area is 420 Å². The molecule has 9 N–H and O–H groups in total. The molecule has 73 heavy (non-hydrogen) atoms. The zero-order valence-electron chi connectivity index (χ0n) is 40.0. The summed E-state index contributed by atoms with van der Waals surface area (Å²) in [7, 11) is 0. The molecule has 0 bridgehead atoms. The van der Waals surface area contributed by atoms with Crippen molar-refractivity contribution in [2.75, 3.05) is 24.2 Å². The maximum Gasteiger partial charge on any atom is 0.373 e. The molecular weight excluding hydrogens is 987 g/mol. The highest BCUT2D eigenvalue weighted by molar-refractivity contribution is 7.80. The molecule has 0 aliphatic rings. The number of hydrogen-bond donors (Lipinski definition) is 8. The van der Waals surface area contributed by atoms with Gasteiger partial charge in [0.1, 0.15) is 11.6 Å². The number of carbonyl (C=O) groups excluding carboxylic acids is 16. The molecule has 29 heteroatoms. The molecule has 1 aromatic carbocycles. The first-order valence-corrected chi connectivity index (χ1v) is 21.9. The largest absolute Gasteiger partial charge is 0.379 e. The SMILES string of the molecule is Cc1nc2ncc(CNc3ccc(C(=O)NCCCC(=O)C[C@@H](C)C(=O)N[C@@H](CCCN=C(N)N)C(=O)C[C@@H](C)C(=O)N[C@@H](C)C(=O)CCCS)cc3)nc2c(=O)[nH]1.O=C=O.O=C=O.O=C=O.O=C=O.O=C=O. The molecule has 0 aliphatic heterocycles. The van der Waals surface area contributed by atoms with Crippen molar-refractivity contribution in [3.05, 3.63) is 57.9 Å². The summed E-state index contributed by atoms with van der Waals surface area (Å²) >= 11 is 4.11. The fourth-order valence-electron chi connectivity index (χ4n) is 5.78. The number of carbonyl (C=O) groups is 6. The van der Waals surface area contributed by atoms with Gasteiger partial charge in [0, 0.05) is 61.9 Å². The first-order valence-electron chi connectivity index (χ1n) is 21.3. The fraction of sp³-hybridized carbons (Fsp3) is 0.455. The molecule has 0 fully saturated rings. The highest BCUT2D eigenvalue weighted by Gasteiger charge is 2.28. The van der Waals surface area contributed by atoms with E-state index in [-0.39, 0.29) is 128 Å². The zero-order chi connectivity index (χ0) is 56.3. The minimum absolute atomic E-state index is 0.0705. The van der Waals surface area contributed by atoms with Gasteiger partial charge in [0.15, 0.2) is 28.7 Å². The number of anilines is 1. The molecule has 2 heterocycles. The zero-order valence-corrected chi connectivity index (χ0v) is 40.9. The van der Waals surface area contributed by atoms with Crippen LogP contribution < -0.4 is 38.3 Å². The van der Waals surface area contributed by atoms with E-state index in [0.717, 1.165) is 5.69 Å². The third-order valence-corrected chi connectivity index (χ3v) is 9.45. The molecule has 28 nitrogen and oxygen atoms in total. The van der Waals surface area contributed by atoms with E-state index < -0.39 is 35.7 Å². The summed E-state index contributed by atoms with van der Waals surface area (Å²) in [5.74, 6) is -2.56. The second-order valence-corrected chi connectivity index (χ2v) is 15.1. The van der Waals surface area contributed by atoms with Crippen LogP contribution in [0.15, 0.2) is 40.2 Å². The van der Waals surface area contributed by atoms with Gasteiger partial charge in [0.25, 0.3) is 11.5 Å². The average Bonchev–Trinajstić information content (AvgIpc) is 3.33. The van der Waals surface area contributed by atoms with Gasteiger partial charge in [-0.3, -0.25) is 38.6 Å². The number of aromatic nitrogens is 4. The highest BCUT2D eigenvalue weighted by atomic mass is 32.1. The molecule has 0 unspecified atom stereocenters. The van der Waals surface area contributed by atoms with Gasteiger partial charge in [-0.2, -0.15) is 60.6 Å². The van der Waals surface area contributed by atoms with Gasteiger partial charge in [0.05, 0.1) is 30.5 Å². The number of aryl methyl sites for hydroxylation is 1. The quantitative estimate of drug-likeness (QED) is 0.0212. The van der Waals surface area contributed by atoms with Crippen LogP contribution in [0.4, 0.5) is 5.69 Å². The van der Waals surface area contributed by atoms with Crippen molar-refractivity contribution in [2.24, 2.45) is 28.3 Å². The van der Waals surface area contributed by atoms with Crippen LogP contribution in [0.5, 0.6) is 0 Å². The molecule has 3 aromatic rings. The number of nitrogens with two attached hydrogens (primary N) is 2. The fourth-order valence-corrected chi connectivity index (χ4v) is 5.94. The Balaban J connectivity index is -0.00000290. The predicted molar refractivity (Wildman–Crippen MR) is 248 cm³/mol. The summed E-state index contributed by atoms with van der Waals surface area (Å²) in [4.78, 5) is 190. The van der Waals surface area contributed by atoms with Crippen LogP contribution in [-0.4, -0.2) is 123 Å². The monoisotopic (exact) mass is 1040 g/mol. The Morgan fingerprint density at radius 3 is 1.84 bits per heavy atom. The number of rotatable bonds is 25. The topological polar surface area (TPSA) is 457 Å². The van der Waals surface area contributed by atoms with E-state index in [4.69, 9.17) is 59.4 Å². The minimum atomic E-state index is -0.947. The second-order valence-electron chi connectivity index (χ2n) is 14.6. The van der Waals surface area contributed by atoms with E-state index in [1.807, 2.05) is 0 Å². The summed E-state index contributed by atoms with van der Waals surface area (Å²) in [6, 6.07) is 5.11. The van der Waals surface area contributed by atoms with Crippen LogP contribution in [0.2, 0.25) is 0 Å². The number of aliphatic imine (C=N–C) groups is 1. The number of amides is 3. The molecule has 0 spiro atoms. The van der Waals surface area contributed by atoms with Crippen molar-refractivity contribution in [3.8, 4) is 0 Å². The second kappa shape index (κ2) is 42.1. The Morgan fingerprint density at radius 1 is 0.740 bits per heavy atom. The summed E-state index contributed by atoms with van der Waals surface area (Å²) < 4.78 is 0. The number of benzene rings is 1. The number of H-pyrrole nitrogens is 1. The van der Waals surface area contributed by atoms with Gasteiger partial charge < -0.3 is 37.7 Å². The maximum atomic E-state index is 13.3. The smallest absolute Gasteiger partial charge is 0.373 e. The van der Waals surface area contributed by atoms with Gasteiger partial charge in [-0.05, 0) is 69.5 Å². The number of guanidine groups is 1. The highest BCUT2D eigenvalue weighted by Crippen LogP contribution is 2.14. The Kier molecular flexibility index (Phi) is 39.5. The summed E-state index contributed by atoms with van der Waals surface area (Å²) in [5, 5.41) is 11.4. The van der Waals surface area contributed by atoms with Crippen molar-refractivity contribution in [3.63, 3.8) is 0 Å². The van der Waals surface area contributed by atoms with Crippen molar-refractivity contribution in [2.45, 2.75) is 97.7 Å². The molecule has 0 saturated carbocycles. The summed E-state index contributed by atoms with van der Waals surface area (Å²) in [5.41, 5.74) is 12.5. The number of nitrogens with one attached hydrogen (secondary N) is 5. The maximum absolute atomic E-state index is 13.3. The molecule has 394 valence electrons. The lowest BCUT2D eigenvalue weighted by Gasteiger charge is -2.22. The van der Waals surface area contributed by atoms with Crippen LogP contribution in [0, 0.1) is 18.8 Å². The normalized spacial score (nSPS) is 10.9. The van der Waals surface area contributed by atoms with Crippen LogP contribution in [0.25, 0.3) is 11.2 Å². The molecule has 0 aliphatic carbocycles. The number of Topliss-reactive ketones (excluding diaryl/α,β-unsaturated/α-hetero) is 3. The molecule has 4 atom stereocenters. The van der Waals surface area contributed by atoms with E-state index in [1.165, 1.54) is 6.20 Å². The third kappa shape index (κ3) is 32.6. The summed E-state index contributed by atoms with van der Waals surface area (Å²) in [6.07, 6.45) is 4.47. The van der Waals surface area contributed by atoms with E-state index in [9.17, 15) is 33.6 Å². The van der Waals surface area contributed by atoms with E-state index >= 15 is 0 Å². The molecule has 2 aromatic heterocycles. The van der Waals surface area contributed by atoms with Gasteiger partial charge in [-0.15, -0.1) is 0 Å². The van der Waals surface area contributed by atoms with E-state index in [0.29, 0.717) is 42.1 Å². The van der Waals surface area contributed by atoms with Crippen LogP contribution in [-0.2, 0) is 78.5 Å². The Bertz CT molecular complexity index is 2430. The Morgan fingerprint density at radius 2 is 1.29 bits per heavy atom. The van der Waals surface area contributed by atoms with Gasteiger partial charge in [0.2, 0.25) is 11.8 Å². The lowest BCUT2D eigenvalue weighted by molar-refractivity contribution is -0.193. The van der Waals surface area contributed by atoms with Crippen LogP contribution in [0.3, 0.4) is 0 Å². The molecular formula is C44H55N11O17S. The molecule has 3 rings (SSSR count). The number of fused-ring (bicyclic) bond motifs is 1. The third-order valence-electron chi connectivity index (χ3n) is 9.13. The number of nitrogens with zero attached hydrogens (tertiary/aromatic N) is 4. The van der Waals surface area contributed by atoms with E-state index in [1.54, 1.807) is 52.0 Å². The lowest BCUT2D eigenvalue weighted by atomic mass is 9.95. The van der Waals surface area contributed by atoms with Crippen molar-refractivity contribution >= 4 is 101 Å². The first kappa shape index (κ1) is 68.4. The molecule has 0 radical (unpaired) electrons. The van der Waals surface area contributed by atoms with Crippen molar-refractivity contribution < 1.29 is 76.7 Å². The minimum Gasteiger partial charge on any atom is -0.379 e. The molecule has 0 saturated heterocycles. The predicted octanol–water partition coefficient (Wildman–Crippen LogP) is -1.26. The first-order chi connectivity index (χ1) is 34.6. The Hall–Kier alpha value is -8.82. The standard InChI is InChI=1S/C39H55N11O7S.5CO2/c1-22(36(55)50-30(9-6-16-43-39(40)41)32(53)19-23(2)35(54)46-24(3)31(52)10-7-17-58)18-29(51)8-5-15-42-37(56)26-11-13-27(14-12-26)44-20-28-21-45-34-33(49-28)38(57)48-25(4)47-34;5*2-1-3/h11-14,21-24,30,44,58H,5-10,15-20H2,1-4H3,(H,42,56)(H,46,54)(H,50,55)(H4,40,41,43)(H,45,47,48,57);;;;;/t22-,23-,24+,30+;;;;;/m1...../s1. The average molecular weight is 1040 g/mol. The number of aromatic amines is 1. The van der Waals surface area contributed by atoms with E-state index in [2.05, 4.69) is 58.8 Å². The molecule has 3 amide bonds. The lowest BCUT2D eigenvalue weighted by Crippen LogP contribution is -2.46. The van der Waals surface area contributed by atoms with Gasteiger partial charge >= 0.3 is 30.8 Å². The van der Waals surface area contributed by atoms with Crippen LogP contribution >= 0.6 is 12.6 Å². The van der Waals surface area contributed by atoms with Gasteiger partial charge in [-0.1, -0.05) is 13.8 Å². The van der Waals surface area contributed by atoms with Crippen molar-refractivity contribution in [1.29, 1.82) is 0 Å². The van der Waals surface area contributed by atoms with Crippen molar-refractivity contribution in [1.82, 2.24) is 35.9 Å².